The van der Waals surface area contributed by atoms with Crippen LogP contribution in [0.25, 0.3) is 11.3 Å². The highest BCUT2D eigenvalue weighted by Gasteiger charge is 2.56. The van der Waals surface area contributed by atoms with E-state index in [9.17, 15) is 48.4 Å². The first-order valence-electron chi connectivity index (χ1n) is 19.0. The first-order valence-corrected chi connectivity index (χ1v) is 19.9. The number of ether oxygens (including phenoxy) is 10. The molecule has 1 aromatic carbocycles. The molecule has 0 N–H and O–H groups in total. The number of thioether (sulfide) groups is 1. The van der Waals surface area contributed by atoms with Crippen LogP contribution in [0.2, 0.25) is 0 Å². The summed E-state index contributed by atoms with van der Waals surface area (Å²) in [6.45, 7) is 8.68. The fraction of sp³-hybridized carbons (Fsp3) is 0.525. The maximum absolute atomic E-state index is 15.0. The van der Waals surface area contributed by atoms with Crippen molar-refractivity contribution in [1.29, 1.82) is 5.26 Å². The van der Waals surface area contributed by atoms with E-state index in [4.69, 9.17) is 52.4 Å². The summed E-state index contributed by atoms with van der Waals surface area (Å²) in [5.74, 6) is -7.31. The summed E-state index contributed by atoms with van der Waals surface area (Å²) in [4.78, 5) is 119. The second kappa shape index (κ2) is 21.6. The fourth-order valence-corrected chi connectivity index (χ4v) is 7.84. The number of esters is 8. The van der Waals surface area contributed by atoms with Gasteiger partial charge < -0.3 is 47.4 Å². The van der Waals surface area contributed by atoms with Gasteiger partial charge in [0.1, 0.15) is 37.1 Å². The van der Waals surface area contributed by atoms with E-state index in [1.165, 1.54) is 0 Å². The van der Waals surface area contributed by atoms with E-state index in [1.807, 2.05) is 6.07 Å². The molecule has 0 bridgehead atoms. The Hall–Kier alpha value is -6.38. The monoisotopic (exact) mass is 903 g/mol. The molecule has 2 aliphatic rings. The number of rotatable bonds is 14. The molecule has 1 aromatic heterocycles. The number of nitrogens with zero attached hydrogens (tertiary/aromatic N) is 3. The van der Waals surface area contributed by atoms with E-state index < -0.39 is 138 Å². The third-order valence-electron chi connectivity index (χ3n) is 8.91. The van der Waals surface area contributed by atoms with Gasteiger partial charge in [0.15, 0.2) is 53.4 Å². The molecule has 0 amide bonds. The quantitative estimate of drug-likeness (QED) is 0.147. The SMILES string of the molecule is CC(=O)OC[C@H]1O[C@@H](n2c(S[C@@H]3O[C@H](COC(C)=O)[C@@H](OC(C)=O)[C@H](OC(C)=O)[C@H]3OC(C)=O)nc(-c3ccc(C)cc3)c(C#N)c2=O)[C@H](OC(C)=O)[C@@H](OC(C)=O)[C@@H]1OC(C)=O. The van der Waals surface area contributed by atoms with Crippen molar-refractivity contribution in [2.24, 2.45) is 0 Å². The second-order valence-electron chi connectivity index (χ2n) is 14.0. The van der Waals surface area contributed by atoms with E-state index >= 15 is 0 Å². The number of hydrogen-bond donors (Lipinski definition) is 0. The topological polar surface area (TPSA) is 288 Å². The minimum atomic E-state index is -1.97. The van der Waals surface area contributed by atoms with Crippen molar-refractivity contribution in [1.82, 2.24) is 9.55 Å². The summed E-state index contributed by atoms with van der Waals surface area (Å²) in [5.41, 5.74) is -2.51. The van der Waals surface area contributed by atoms with Crippen LogP contribution in [0.4, 0.5) is 0 Å². The smallest absolute Gasteiger partial charge is 0.303 e. The molecular formula is C40H45N3O19S. The third-order valence-corrected chi connectivity index (χ3v) is 10.0. The zero-order valence-corrected chi connectivity index (χ0v) is 36.3. The van der Waals surface area contributed by atoms with Gasteiger partial charge in [-0.25, -0.2) is 4.98 Å². The number of nitriles is 1. The Morgan fingerprint density at radius 3 is 1.48 bits per heavy atom. The van der Waals surface area contributed by atoms with Crippen LogP contribution >= 0.6 is 11.8 Å². The lowest BCUT2D eigenvalue weighted by Gasteiger charge is -2.45. The van der Waals surface area contributed by atoms with Crippen molar-refractivity contribution in [2.45, 2.75) is 128 Å². The van der Waals surface area contributed by atoms with Gasteiger partial charge in [-0.2, -0.15) is 5.26 Å². The minimum Gasteiger partial charge on any atom is -0.463 e. The van der Waals surface area contributed by atoms with Gasteiger partial charge in [-0.1, -0.05) is 41.6 Å². The second-order valence-corrected chi connectivity index (χ2v) is 15.1. The molecule has 2 aromatic rings. The van der Waals surface area contributed by atoms with Crippen LogP contribution in [0.1, 0.15) is 72.7 Å². The number of hydrogen-bond acceptors (Lipinski definition) is 22. The Kier molecular flexibility index (Phi) is 16.9. The van der Waals surface area contributed by atoms with Gasteiger partial charge in [-0.3, -0.25) is 47.7 Å². The average molecular weight is 904 g/mol. The van der Waals surface area contributed by atoms with E-state index in [-0.39, 0.29) is 11.3 Å². The summed E-state index contributed by atoms with van der Waals surface area (Å²) < 4.78 is 57.1. The number of aryl methyl sites for hydroxylation is 1. The molecule has 2 fully saturated rings. The van der Waals surface area contributed by atoms with Gasteiger partial charge in [0, 0.05) is 61.0 Å². The first kappa shape index (κ1) is 49.3. The van der Waals surface area contributed by atoms with Crippen LogP contribution in [-0.2, 0) is 85.7 Å². The molecule has 340 valence electrons. The highest BCUT2D eigenvalue weighted by Crippen LogP contribution is 2.41. The molecule has 10 atom stereocenters. The summed E-state index contributed by atoms with van der Waals surface area (Å²) in [6.07, 6.45) is -15.2. The van der Waals surface area contributed by atoms with Crippen molar-refractivity contribution in [2.75, 3.05) is 13.2 Å². The summed E-state index contributed by atoms with van der Waals surface area (Å²) >= 11 is 0.509. The van der Waals surface area contributed by atoms with Crippen LogP contribution in [0.5, 0.6) is 0 Å². The summed E-state index contributed by atoms with van der Waals surface area (Å²) in [7, 11) is 0. The Balaban J connectivity index is 2.10. The van der Waals surface area contributed by atoms with Crippen molar-refractivity contribution < 1.29 is 85.7 Å². The van der Waals surface area contributed by atoms with Gasteiger partial charge in [-0.05, 0) is 6.92 Å². The number of carbonyl (C=O) groups excluding carboxylic acids is 8. The standard InChI is InChI=1S/C40H45N3O19S/c1-17-10-12-26(13-11-17)30-27(14-41)37(52)43(38-35(59-24(8)50)33(57-22(6)48)31(55-20(4)46)28(61-38)15-53-18(2)44)40(42-30)63-39-36(60-25(9)51)34(58-23(7)49)32(56-21(5)47)29(62-39)16-54-19(3)45/h10-13,28-29,31-36,38-39H,15-16H2,1-9H3/t28-,29-,31-,32-,33+,34+,35-,36-,38-,39+/m1/s1. The molecule has 3 heterocycles. The molecule has 0 radical (unpaired) electrons. The van der Waals surface area contributed by atoms with Crippen LogP contribution < -0.4 is 5.56 Å². The lowest BCUT2D eigenvalue weighted by Crippen LogP contribution is -2.62. The van der Waals surface area contributed by atoms with Crippen molar-refractivity contribution in [3.05, 3.63) is 45.7 Å². The van der Waals surface area contributed by atoms with Crippen LogP contribution in [-0.4, -0.2) is 125 Å². The first-order chi connectivity index (χ1) is 29.6. The number of aromatic nitrogens is 2. The van der Waals surface area contributed by atoms with Gasteiger partial charge in [0.2, 0.25) is 0 Å². The van der Waals surface area contributed by atoms with Gasteiger partial charge in [-0.15, -0.1) is 0 Å². The zero-order chi connectivity index (χ0) is 46.9. The zero-order valence-electron chi connectivity index (χ0n) is 35.5. The normalized spacial score (nSPS) is 25.2. The average Bonchev–Trinajstić information content (AvgIpc) is 3.16. The fourth-order valence-electron chi connectivity index (χ4n) is 6.64. The highest BCUT2D eigenvalue weighted by atomic mass is 32.2. The highest BCUT2D eigenvalue weighted by molar-refractivity contribution is 7.99. The minimum absolute atomic E-state index is 0.197. The Morgan fingerprint density at radius 2 is 1.03 bits per heavy atom. The predicted octanol–water partition coefficient (Wildman–Crippen LogP) is 1.52. The molecule has 22 nitrogen and oxygen atoms in total. The molecule has 0 saturated carbocycles. The van der Waals surface area contributed by atoms with Gasteiger partial charge >= 0.3 is 47.8 Å². The Bertz CT molecular complexity index is 2200. The molecule has 0 aliphatic carbocycles. The molecule has 23 heteroatoms. The molecule has 0 unspecified atom stereocenters. The van der Waals surface area contributed by atoms with Crippen molar-refractivity contribution >= 4 is 59.5 Å². The van der Waals surface area contributed by atoms with Crippen LogP contribution in [0.3, 0.4) is 0 Å². The lowest BCUT2D eigenvalue weighted by atomic mass is 9.96. The number of benzene rings is 1. The summed E-state index contributed by atoms with van der Waals surface area (Å²) in [5, 5.41) is 10.1. The molecule has 2 aliphatic heterocycles. The van der Waals surface area contributed by atoms with Gasteiger partial charge in [0.25, 0.3) is 5.56 Å². The van der Waals surface area contributed by atoms with Gasteiger partial charge in [0.05, 0.1) is 5.69 Å². The molecule has 4 rings (SSSR count). The number of carbonyl (C=O) groups is 8. The molecular weight excluding hydrogens is 859 g/mol. The third kappa shape index (κ3) is 12.8. The molecule has 63 heavy (non-hydrogen) atoms. The van der Waals surface area contributed by atoms with Crippen molar-refractivity contribution in [3.63, 3.8) is 0 Å². The van der Waals surface area contributed by atoms with E-state index in [0.717, 1.165) is 65.5 Å². The maximum Gasteiger partial charge on any atom is 0.303 e. The van der Waals surface area contributed by atoms with Crippen LogP contribution in [0.15, 0.2) is 34.2 Å². The van der Waals surface area contributed by atoms with Crippen LogP contribution in [0, 0.1) is 18.3 Å². The Labute approximate surface area is 363 Å². The van der Waals surface area contributed by atoms with Crippen molar-refractivity contribution in [3.8, 4) is 17.3 Å². The van der Waals surface area contributed by atoms with E-state index in [2.05, 4.69) is 0 Å². The Morgan fingerprint density at radius 1 is 0.619 bits per heavy atom. The lowest BCUT2D eigenvalue weighted by molar-refractivity contribution is -0.270. The van der Waals surface area contributed by atoms with E-state index in [0.29, 0.717) is 11.8 Å². The summed E-state index contributed by atoms with van der Waals surface area (Å²) in [6, 6.07) is 8.34. The van der Waals surface area contributed by atoms with E-state index in [1.54, 1.807) is 31.2 Å². The molecule has 0 spiro atoms. The molecule has 2 saturated heterocycles. The predicted molar refractivity (Wildman–Crippen MR) is 208 cm³/mol. The largest absolute Gasteiger partial charge is 0.463 e. The maximum atomic E-state index is 15.0.